The first-order valence-corrected chi connectivity index (χ1v) is 7.55. The van der Waals surface area contributed by atoms with Gasteiger partial charge in [0.05, 0.1) is 25.3 Å². The molecule has 0 unspecified atom stereocenters. The Morgan fingerprint density at radius 3 is 2.83 bits per heavy atom. The highest BCUT2D eigenvalue weighted by Crippen LogP contribution is 2.48. The monoisotopic (exact) mass is 332 g/mol. The molecule has 0 amide bonds. The quantitative estimate of drug-likeness (QED) is 0.392. The number of aliphatic hydroxyl groups excluding tert-OH is 2. The second kappa shape index (κ2) is 6.17. The maximum atomic E-state index is 12.2. The number of nitrogens with one attached hydrogen (secondary N) is 1. The summed E-state index contributed by atoms with van der Waals surface area (Å²) in [6.07, 6.45) is 3.05. The topological polar surface area (TPSA) is 120 Å². The second-order valence-electron chi connectivity index (χ2n) is 6.08. The van der Waals surface area contributed by atoms with Gasteiger partial charge < -0.3 is 19.7 Å². The van der Waals surface area contributed by atoms with Gasteiger partial charge in [0.25, 0.3) is 5.56 Å². The van der Waals surface area contributed by atoms with Crippen LogP contribution in [0.4, 0.5) is 5.95 Å². The van der Waals surface area contributed by atoms with Crippen molar-refractivity contribution in [3.8, 4) is 0 Å². The summed E-state index contributed by atoms with van der Waals surface area (Å²) >= 11 is 0. The average molecular weight is 332 g/mol. The maximum Gasteiger partial charge on any atom is 0.280 e. The molecule has 0 aromatic carbocycles. The van der Waals surface area contributed by atoms with Crippen LogP contribution in [0.5, 0.6) is 0 Å². The molecule has 1 saturated carbocycles. The molecule has 0 aliphatic heterocycles. The molecule has 9 heteroatoms. The Kier molecular flexibility index (Phi) is 4.20. The summed E-state index contributed by atoms with van der Waals surface area (Å²) in [4.78, 5) is 29.1. The van der Waals surface area contributed by atoms with Crippen LogP contribution in [-0.2, 0) is 0 Å². The molecule has 3 rings (SSSR count). The van der Waals surface area contributed by atoms with Crippen molar-refractivity contribution in [2.24, 2.45) is 16.8 Å². The Hall–Kier alpha value is -2.52. The number of hydrogen-bond donors (Lipinski definition) is 3. The van der Waals surface area contributed by atoms with Crippen LogP contribution in [0.25, 0.3) is 11.2 Å². The SMILES string of the molecule is C=C1[C@@H](n2cnc3c(=O)[nH]c(N=CN(C)C)nc32)[C@H](CO)[C@H]1CO. The van der Waals surface area contributed by atoms with Gasteiger partial charge in [-0.1, -0.05) is 6.58 Å². The molecular formula is C15H20N6O3. The van der Waals surface area contributed by atoms with Crippen molar-refractivity contribution in [3.63, 3.8) is 0 Å². The van der Waals surface area contributed by atoms with Crippen LogP contribution in [0.2, 0.25) is 0 Å². The van der Waals surface area contributed by atoms with Crippen molar-refractivity contribution < 1.29 is 10.2 Å². The number of aromatic nitrogens is 4. The minimum Gasteiger partial charge on any atom is -0.396 e. The van der Waals surface area contributed by atoms with E-state index in [1.807, 2.05) is 14.1 Å². The standard InChI is InChI=1S/C15H20N6O3/c1-8-9(4-22)10(5-23)12(8)21-7-16-11-13(21)18-15(19-14(11)24)17-6-20(2)3/h6-7,9-10,12,22-23H,1,4-5H2,2-3H3,(H,18,19,24)/t9-,10+,12+/m0/s1. The number of nitrogens with zero attached hydrogens (tertiary/aromatic N) is 5. The molecule has 2 aromatic heterocycles. The molecule has 2 aromatic rings. The molecule has 2 heterocycles. The van der Waals surface area contributed by atoms with Crippen LogP contribution in [-0.4, -0.2) is 68.3 Å². The third kappa shape index (κ3) is 2.51. The lowest BCUT2D eigenvalue weighted by molar-refractivity contribution is 0.0536. The van der Waals surface area contributed by atoms with E-state index in [-0.39, 0.29) is 48.1 Å². The largest absolute Gasteiger partial charge is 0.396 e. The maximum absolute atomic E-state index is 12.2. The summed E-state index contributed by atoms with van der Waals surface area (Å²) in [5, 5.41) is 19.0. The zero-order chi connectivity index (χ0) is 17.4. The fourth-order valence-corrected chi connectivity index (χ4v) is 3.08. The molecule has 1 aliphatic carbocycles. The van der Waals surface area contributed by atoms with Gasteiger partial charge in [-0.25, -0.2) is 9.98 Å². The van der Waals surface area contributed by atoms with E-state index >= 15 is 0 Å². The van der Waals surface area contributed by atoms with E-state index in [1.54, 1.807) is 9.47 Å². The number of H-pyrrole nitrogens is 1. The summed E-state index contributed by atoms with van der Waals surface area (Å²) in [6, 6.07) is -0.253. The van der Waals surface area contributed by atoms with Gasteiger partial charge in [-0.05, 0) is 5.57 Å². The first kappa shape index (κ1) is 16.3. The summed E-state index contributed by atoms with van der Waals surface area (Å²) in [5.41, 5.74) is 0.992. The Morgan fingerprint density at radius 2 is 2.21 bits per heavy atom. The minimum absolute atomic E-state index is 0.0699. The molecule has 9 nitrogen and oxygen atoms in total. The number of aliphatic imine (C=N–C) groups is 1. The van der Waals surface area contributed by atoms with Gasteiger partial charge >= 0.3 is 0 Å². The molecular weight excluding hydrogens is 312 g/mol. The van der Waals surface area contributed by atoms with E-state index in [1.165, 1.54) is 12.7 Å². The van der Waals surface area contributed by atoms with Crippen LogP contribution in [0.3, 0.4) is 0 Å². The summed E-state index contributed by atoms with van der Waals surface area (Å²) < 4.78 is 1.72. The van der Waals surface area contributed by atoms with E-state index < -0.39 is 0 Å². The highest BCUT2D eigenvalue weighted by Gasteiger charge is 2.45. The van der Waals surface area contributed by atoms with Crippen LogP contribution in [0.1, 0.15) is 6.04 Å². The van der Waals surface area contributed by atoms with Crippen molar-refractivity contribution in [3.05, 3.63) is 28.8 Å². The van der Waals surface area contributed by atoms with Gasteiger partial charge in [0.1, 0.15) is 0 Å². The van der Waals surface area contributed by atoms with Crippen LogP contribution in [0, 0.1) is 11.8 Å². The van der Waals surface area contributed by atoms with E-state index in [0.717, 1.165) is 5.57 Å². The van der Waals surface area contributed by atoms with Crippen molar-refractivity contribution >= 4 is 23.5 Å². The predicted octanol–water partition coefficient (Wildman–Crippen LogP) is -0.331. The normalized spacial score (nSPS) is 23.8. The number of rotatable bonds is 5. The van der Waals surface area contributed by atoms with E-state index in [9.17, 15) is 15.0 Å². The fourth-order valence-electron chi connectivity index (χ4n) is 3.08. The Labute approximate surface area is 138 Å². The highest BCUT2D eigenvalue weighted by atomic mass is 16.3. The Bertz CT molecular complexity index is 853. The third-order valence-electron chi connectivity index (χ3n) is 4.32. The lowest BCUT2D eigenvalue weighted by Gasteiger charge is -2.46. The van der Waals surface area contributed by atoms with Gasteiger partial charge in [-0.15, -0.1) is 0 Å². The van der Waals surface area contributed by atoms with Gasteiger partial charge in [0, 0.05) is 32.5 Å². The number of imidazole rings is 1. The van der Waals surface area contributed by atoms with Gasteiger partial charge in [-0.3, -0.25) is 9.78 Å². The molecule has 0 radical (unpaired) electrons. The first-order chi connectivity index (χ1) is 11.5. The lowest BCUT2D eigenvalue weighted by atomic mass is 9.66. The van der Waals surface area contributed by atoms with Gasteiger partial charge in [0.2, 0.25) is 5.95 Å². The minimum atomic E-state index is -0.381. The molecule has 0 bridgehead atoms. The second-order valence-corrected chi connectivity index (χ2v) is 6.08. The molecule has 0 saturated heterocycles. The molecule has 128 valence electrons. The van der Waals surface area contributed by atoms with E-state index in [4.69, 9.17) is 0 Å². The van der Waals surface area contributed by atoms with Gasteiger partial charge in [-0.2, -0.15) is 4.98 Å². The average Bonchev–Trinajstić information content (AvgIpc) is 2.95. The zero-order valence-electron chi connectivity index (χ0n) is 13.5. The molecule has 0 spiro atoms. The van der Waals surface area contributed by atoms with Crippen molar-refractivity contribution in [1.29, 1.82) is 0 Å². The highest BCUT2D eigenvalue weighted by molar-refractivity contribution is 5.71. The summed E-state index contributed by atoms with van der Waals surface area (Å²) in [6.45, 7) is 3.83. The van der Waals surface area contributed by atoms with Crippen molar-refractivity contribution in [1.82, 2.24) is 24.4 Å². The van der Waals surface area contributed by atoms with Crippen LogP contribution in [0.15, 0.2) is 28.3 Å². The molecule has 3 atom stereocenters. The lowest BCUT2D eigenvalue weighted by Crippen LogP contribution is -2.44. The summed E-state index contributed by atoms with van der Waals surface area (Å²) in [7, 11) is 3.62. The van der Waals surface area contributed by atoms with Crippen LogP contribution < -0.4 is 5.56 Å². The summed E-state index contributed by atoms with van der Waals surface area (Å²) in [5.74, 6) is -0.174. The Morgan fingerprint density at radius 1 is 1.46 bits per heavy atom. The Balaban J connectivity index is 2.07. The molecule has 1 aliphatic rings. The first-order valence-electron chi connectivity index (χ1n) is 7.55. The van der Waals surface area contributed by atoms with Crippen LogP contribution >= 0.6 is 0 Å². The van der Waals surface area contributed by atoms with Gasteiger partial charge in [0.15, 0.2) is 11.2 Å². The third-order valence-corrected chi connectivity index (χ3v) is 4.32. The van der Waals surface area contributed by atoms with Crippen molar-refractivity contribution in [2.45, 2.75) is 6.04 Å². The fraction of sp³-hybridized carbons (Fsp3) is 0.467. The number of aliphatic hydroxyl groups is 2. The molecule has 3 N–H and O–H groups in total. The predicted molar refractivity (Wildman–Crippen MR) is 89.3 cm³/mol. The van der Waals surface area contributed by atoms with Crippen molar-refractivity contribution in [2.75, 3.05) is 27.3 Å². The van der Waals surface area contributed by atoms with E-state index in [2.05, 4.69) is 26.5 Å². The van der Waals surface area contributed by atoms with E-state index in [0.29, 0.717) is 5.65 Å². The number of aromatic amines is 1. The molecule has 24 heavy (non-hydrogen) atoms. The number of hydrogen-bond acceptors (Lipinski definition) is 6. The smallest absolute Gasteiger partial charge is 0.280 e. The number of fused-ring (bicyclic) bond motifs is 1. The zero-order valence-corrected chi connectivity index (χ0v) is 13.5. The molecule has 1 fully saturated rings.